The largest absolute Gasteiger partial charge is 0.416 e. The van der Waals surface area contributed by atoms with Crippen molar-refractivity contribution in [3.8, 4) is 16.9 Å². The lowest BCUT2D eigenvalue weighted by Gasteiger charge is -2.32. The highest BCUT2D eigenvalue weighted by molar-refractivity contribution is 6.30. The van der Waals surface area contributed by atoms with Crippen LogP contribution in [-0.2, 0) is 6.18 Å². The number of rotatable bonds is 3. The zero-order valence-electron chi connectivity index (χ0n) is 16.9. The molecule has 3 aromatic rings. The Bertz CT molecular complexity index is 1110. The van der Waals surface area contributed by atoms with Gasteiger partial charge in [-0.2, -0.15) is 18.3 Å². The molecule has 2 heterocycles. The SMILES string of the molecule is C[C@@H]1CCCCN1C(=O)c1cc(-c2cccc(C(F)(F)F)c2)n(-c2cccc(Cl)c2)n1. The van der Waals surface area contributed by atoms with E-state index in [0.717, 1.165) is 31.4 Å². The Morgan fingerprint density at radius 1 is 1.10 bits per heavy atom. The molecular formula is C23H21ClF3N3O. The van der Waals surface area contributed by atoms with Crippen LogP contribution in [0.3, 0.4) is 0 Å². The van der Waals surface area contributed by atoms with Gasteiger partial charge in [0, 0.05) is 23.2 Å². The average molecular weight is 448 g/mol. The molecule has 0 radical (unpaired) electrons. The standard InChI is InChI=1S/C23H21ClF3N3O/c1-15-6-2-3-11-29(15)22(31)20-14-21(16-7-4-8-17(12-16)23(25,26)27)30(28-20)19-10-5-9-18(24)13-19/h4-5,7-10,12-15H,2-3,6,11H2,1H3/t15-/m1/s1. The monoisotopic (exact) mass is 447 g/mol. The number of carbonyl (C=O) groups is 1. The van der Waals surface area contributed by atoms with Crippen molar-refractivity contribution in [2.24, 2.45) is 0 Å². The molecule has 0 saturated carbocycles. The minimum Gasteiger partial charge on any atom is -0.335 e. The molecule has 1 aromatic heterocycles. The Morgan fingerprint density at radius 2 is 1.87 bits per heavy atom. The van der Waals surface area contributed by atoms with Crippen LogP contribution < -0.4 is 0 Å². The van der Waals surface area contributed by atoms with Gasteiger partial charge in [0.2, 0.25) is 0 Å². The van der Waals surface area contributed by atoms with Crippen molar-refractivity contribution in [3.63, 3.8) is 0 Å². The van der Waals surface area contributed by atoms with E-state index in [4.69, 9.17) is 11.6 Å². The van der Waals surface area contributed by atoms with Gasteiger partial charge in [-0.05, 0) is 62.6 Å². The third-order valence-corrected chi connectivity index (χ3v) is 5.77. The number of carbonyl (C=O) groups excluding carboxylic acids is 1. The minimum absolute atomic E-state index is 0.0922. The van der Waals surface area contributed by atoms with Crippen molar-refractivity contribution >= 4 is 17.5 Å². The van der Waals surface area contributed by atoms with Crippen LogP contribution in [0.4, 0.5) is 13.2 Å². The van der Waals surface area contributed by atoms with E-state index >= 15 is 0 Å². The number of alkyl halides is 3. The highest BCUT2D eigenvalue weighted by Gasteiger charge is 2.31. The second-order valence-corrected chi connectivity index (χ2v) is 8.16. The van der Waals surface area contributed by atoms with Crippen LogP contribution in [0, 0.1) is 0 Å². The first-order valence-corrected chi connectivity index (χ1v) is 10.5. The maximum absolute atomic E-state index is 13.3. The highest BCUT2D eigenvalue weighted by Crippen LogP contribution is 2.33. The van der Waals surface area contributed by atoms with Gasteiger partial charge in [0.1, 0.15) is 0 Å². The first-order valence-electron chi connectivity index (χ1n) is 10.1. The van der Waals surface area contributed by atoms with E-state index in [0.29, 0.717) is 28.5 Å². The smallest absolute Gasteiger partial charge is 0.335 e. The second-order valence-electron chi connectivity index (χ2n) is 7.73. The fourth-order valence-corrected chi connectivity index (χ4v) is 4.08. The molecule has 4 nitrogen and oxygen atoms in total. The summed E-state index contributed by atoms with van der Waals surface area (Å²) < 4.78 is 41.3. The second kappa shape index (κ2) is 8.38. The van der Waals surface area contributed by atoms with Crippen LogP contribution in [0.2, 0.25) is 5.02 Å². The number of benzene rings is 2. The summed E-state index contributed by atoms with van der Waals surface area (Å²) in [5.74, 6) is -0.221. The molecule has 1 aliphatic rings. The predicted molar refractivity (Wildman–Crippen MR) is 113 cm³/mol. The molecular weight excluding hydrogens is 427 g/mol. The van der Waals surface area contributed by atoms with Gasteiger partial charge in [0.05, 0.1) is 16.9 Å². The molecule has 8 heteroatoms. The molecule has 0 aliphatic carbocycles. The zero-order valence-corrected chi connectivity index (χ0v) is 17.6. The molecule has 0 bridgehead atoms. The van der Waals surface area contributed by atoms with Crippen LogP contribution >= 0.6 is 11.6 Å². The van der Waals surface area contributed by atoms with Gasteiger partial charge < -0.3 is 4.90 Å². The van der Waals surface area contributed by atoms with Crippen LogP contribution in [-0.4, -0.2) is 33.2 Å². The van der Waals surface area contributed by atoms with E-state index in [1.807, 2.05) is 6.92 Å². The quantitative estimate of drug-likeness (QED) is 0.477. The number of likely N-dealkylation sites (tertiary alicyclic amines) is 1. The molecule has 0 spiro atoms. The summed E-state index contributed by atoms with van der Waals surface area (Å²) in [7, 11) is 0. The van der Waals surface area contributed by atoms with Crippen molar-refractivity contribution in [3.05, 3.63) is 70.9 Å². The van der Waals surface area contributed by atoms with Crippen molar-refractivity contribution in [1.82, 2.24) is 14.7 Å². The summed E-state index contributed by atoms with van der Waals surface area (Å²) in [4.78, 5) is 15.0. The van der Waals surface area contributed by atoms with Gasteiger partial charge in [0.15, 0.2) is 5.69 Å². The molecule has 1 aliphatic heterocycles. The average Bonchev–Trinajstić information content (AvgIpc) is 3.19. The van der Waals surface area contributed by atoms with Crippen molar-refractivity contribution in [2.45, 2.75) is 38.4 Å². The predicted octanol–water partition coefficient (Wildman–Crippen LogP) is 6.23. The fraction of sp³-hybridized carbons (Fsp3) is 0.304. The van der Waals surface area contributed by atoms with Crippen molar-refractivity contribution < 1.29 is 18.0 Å². The Morgan fingerprint density at radius 3 is 2.58 bits per heavy atom. The van der Waals surface area contributed by atoms with Gasteiger partial charge in [-0.3, -0.25) is 4.79 Å². The van der Waals surface area contributed by atoms with E-state index in [9.17, 15) is 18.0 Å². The number of amides is 1. The maximum atomic E-state index is 13.3. The molecule has 1 fully saturated rings. The molecule has 1 saturated heterocycles. The number of piperidine rings is 1. The lowest BCUT2D eigenvalue weighted by atomic mass is 10.0. The summed E-state index contributed by atoms with van der Waals surface area (Å²) >= 11 is 6.12. The topological polar surface area (TPSA) is 38.1 Å². The molecule has 4 rings (SSSR count). The molecule has 2 aromatic carbocycles. The summed E-state index contributed by atoms with van der Waals surface area (Å²) in [5.41, 5.74) is 0.697. The summed E-state index contributed by atoms with van der Waals surface area (Å²) in [6.45, 7) is 2.64. The molecule has 162 valence electrons. The zero-order chi connectivity index (χ0) is 22.2. The molecule has 1 amide bonds. The van der Waals surface area contributed by atoms with Gasteiger partial charge in [-0.1, -0.05) is 29.8 Å². The maximum Gasteiger partial charge on any atom is 0.416 e. The van der Waals surface area contributed by atoms with Crippen LogP contribution in [0.1, 0.15) is 42.2 Å². The first-order chi connectivity index (χ1) is 14.7. The third kappa shape index (κ3) is 4.46. The lowest BCUT2D eigenvalue weighted by Crippen LogP contribution is -2.42. The van der Waals surface area contributed by atoms with Gasteiger partial charge in [-0.25, -0.2) is 4.68 Å². The van der Waals surface area contributed by atoms with E-state index in [2.05, 4.69) is 5.10 Å². The van der Waals surface area contributed by atoms with Crippen molar-refractivity contribution in [1.29, 1.82) is 0 Å². The number of hydrogen-bond acceptors (Lipinski definition) is 2. The van der Waals surface area contributed by atoms with Crippen molar-refractivity contribution in [2.75, 3.05) is 6.54 Å². The molecule has 31 heavy (non-hydrogen) atoms. The van der Waals surface area contributed by atoms with E-state index in [1.165, 1.54) is 10.7 Å². The summed E-state index contributed by atoms with van der Waals surface area (Å²) in [6.07, 6.45) is -1.57. The van der Waals surface area contributed by atoms with E-state index < -0.39 is 11.7 Å². The third-order valence-electron chi connectivity index (χ3n) is 5.53. The lowest BCUT2D eigenvalue weighted by molar-refractivity contribution is -0.137. The number of aromatic nitrogens is 2. The normalized spacial score (nSPS) is 17.1. The number of nitrogens with zero attached hydrogens (tertiary/aromatic N) is 3. The highest BCUT2D eigenvalue weighted by atomic mass is 35.5. The van der Waals surface area contributed by atoms with Gasteiger partial charge >= 0.3 is 6.18 Å². The minimum atomic E-state index is -4.47. The van der Waals surface area contributed by atoms with Crippen LogP contribution in [0.25, 0.3) is 16.9 Å². The summed E-state index contributed by atoms with van der Waals surface area (Å²) in [5, 5.41) is 4.94. The Kier molecular flexibility index (Phi) is 5.79. The Balaban J connectivity index is 1.83. The molecule has 0 unspecified atom stereocenters. The van der Waals surface area contributed by atoms with E-state index in [1.54, 1.807) is 41.3 Å². The van der Waals surface area contributed by atoms with E-state index in [-0.39, 0.29) is 17.6 Å². The molecule has 1 atom stereocenters. The van der Waals surface area contributed by atoms with Gasteiger partial charge in [-0.15, -0.1) is 0 Å². The van der Waals surface area contributed by atoms with Crippen LogP contribution in [0.5, 0.6) is 0 Å². The fourth-order valence-electron chi connectivity index (χ4n) is 3.90. The number of hydrogen-bond donors (Lipinski definition) is 0. The summed E-state index contributed by atoms with van der Waals surface area (Å²) in [6, 6.07) is 13.5. The number of halogens is 4. The van der Waals surface area contributed by atoms with Gasteiger partial charge in [0.25, 0.3) is 5.91 Å². The Labute approximate surface area is 183 Å². The van der Waals surface area contributed by atoms with Crippen LogP contribution in [0.15, 0.2) is 54.6 Å². The first kappa shape index (κ1) is 21.4. The molecule has 0 N–H and O–H groups in total. The Hall–Kier alpha value is -2.80.